The van der Waals surface area contributed by atoms with Crippen molar-refractivity contribution in [3.63, 3.8) is 0 Å². The number of imidazole rings is 1. The number of urea groups is 1. The number of carbonyl (C=O) groups excluding carboxylic acids is 10. The monoisotopic (exact) mass is 1490 g/mol. The van der Waals surface area contributed by atoms with Crippen molar-refractivity contribution in [1.82, 2.24) is 49.7 Å². The number of primary amides is 1. The van der Waals surface area contributed by atoms with Crippen molar-refractivity contribution in [2.75, 3.05) is 161 Å². The lowest BCUT2D eigenvalue weighted by atomic mass is 9.89. The maximum absolute atomic E-state index is 14.8. The minimum Gasteiger partial charge on any atom is -0.447 e. The van der Waals surface area contributed by atoms with Crippen LogP contribution in [-0.2, 0) is 70.2 Å². The van der Waals surface area contributed by atoms with Crippen LogP contribution in [0, 0.1) is 18.8 Å². The number of rotatable bonds is 44. The van der Waals surface area contributed by atoms with Gasteiger partial charge in [-0.05, 0) is 72.0 Å². The Kier molecular flexibility index (Phi) is 31.9. The number of hydrogen-bond acceptors (Lipinski definition) is 23. The molecule has 0 spiro atoms. The Bertz CT molecular complexity index is 4020. The quantitative estimate of drug-likeness (QED) is 0.0165. The molecule has 0 aliphatic carbocycles. The predicted molar refractivity (Wildman–Crippen MR) is 384 cm³/mol. The normalized spacial score (nSPS) is 13.8. The largest absolute Gasteiger partial charge is 0.447 e. The number of carbonyl (C=O) groups is 10. The molecule has 0 saturated heterocycles. The van der Waals surface area contributed by atoms with Crippen LogP contribution in [0.1, 0.15) is 76.7 Å². The number of likely N-dealkylation sites (N-methyl/N-ethyl adjacent to an activating group) is 1. The predicted octanol–water partition coefficient (Wildman–Crippen LogP) is 5.05. The number of fused-ring (bicyclic) bond motifs is 4. The van der Waals surface area contributed by atoms with Crippen molar-refractivity contribution in [1.29, 1.82) is 0 Å². The number of ether oxygens (including phenoxy) is 9. The molecule has 0 saturated carbocycles. The van der Waals surface area contributed by atoms with Gasteiger partial charge in [0.2, 0.25) is 5.91 Å². The van der Waals surface area contributed by atoms with Crippen molar-refractivity contribution in [3.8, 4) is 5.75 Å². The number of aromatic nitrogens is 5. The molecule has 8 rings (SSSR count). The zero-order valence-electron chi connectivity index (χ0n) is 59.8. The Morgan fingerprint density at radius 1 is 0.755 bits per heavy atom. The number of nitrogens with two attached hydrogens (primary N) is 1. The molecule has 0 unspecified atom stereocenters. The number of methoxy groups -OCH3 is 1. The van der Waals surface area contributed by atoms with E-state index in [1.165, 1.54) is 27.7 Å². The molecular weight excluding hydrogens is 1400 g/mol. The third-order valence-corrected chi connectivity index (χ3v) is 17.3. The van der Waals surface area contributed by atoms with E-state index in [-0.39, 0.29) is 134 Å². The Balaban J connectivity index is 0.848. The lowest BCUT2D eigenvalue weighted by Crippen LogP contribution is -2.46. The molecule has 3 atom stereocenters. The average molecular weight is 1500 g/mol. The number of Topliss-reactive ketones (excluding diaryl/α,β-unsaturated/α-hetero) is 1. The minimum absolute atomic E-state index is 0.000302. The lowest BCUT2D eigenvalue weighted by Gasteiger charge is -2.26. The molecule has 106 heavy (non-hydrogen) atoms. The molecule has 7 N–H and O–H groups in total. The van der Waals surface area contributed by atoms with Gasteiger partial charge in [0.1, 0.15) is 30.3 Å². The smallest absolute Gasteiger partial charge is 0.415 e. The number of amides is 10. The molecule has 0 radical (unpaired) electrons. The molecule has 35 heteroatoms. The SMILES string of the molecule is COCCOCCOCCOCCn1cc(C(=O)Nc2ccc3nc(C(=O)N4C[C@@H](CCl)c5c4cc(OC(=O)N(CCOCCO)CCN(C)C(=O)OCc4ccc(NC(=O)[C@H](CCCNC(N)=O)CC(=O)[C@@H](NC(=O)OCCOCCN6C(=O)C=CC6=O)C(C)C)cc4)c4cccc(C)c54)cn3c2)nn1. The van der Waals surface area contributed by atoms with E-state index in [9.17, 15) is 53.1 Å². The fourth-order valence-corrected chi connectivity index (χ4v) is 11.7. The van der Waals surface area contributed by atoms with Gasteiger partial charge in [-0.3, -0.25) is 33.7 Å². The number of aliphatic hydroxyl groups excluding tert-OH is 1. The molecule has 5 heterocycles. The Morgan fingerprint density at radius 3 is 2.14 bits per heavy atom. The highest BCUT2D eigenvalue weighted by Gasteiger charge is 2.38. The van der Waals surface area contributed by atoms with E-state index >= 15 is 0 Å². The topological polar surface area (TPSA) is 409 Å². The number of alkyl carbamates (subject to hydrolysis) is 1. The molecule has 2 aliphatic heterocycles. The fourth-order valence-electron chi connectivity index (χ4n) is 11.4. The van der Waals surface area contributed by atoms with Gasteiger partial charge in [0.15, 0.2) is 11.5 Å². The third kappa shape index (κ3) is 23.9. The standard InChI is InChI=1S/C71H91ClN14O20/c1-46(2)64(78-69(95)104-37-36-101-28-24-85-60(89)17-18-61(85)90)57(88)38-49(9-7-19-74-68(73)94)65(91)75-51-13-11-48(12-14-51)45-105-70(96)81(4)20-21-82(22-26-99-29-25-87)71(97)106-58-39-56-63(62-47(3)8-6-10-53(58)62)50(40-72)41-86(56)67(93)55-43-83-42-52(15-16-59(83)77-55)76-66(92)54-44-84(80-79-54)23-27-100-32-33-103-35-34-102-31-30-98-5/h6,8,10-18,39,42-44,46,49-50,64,87H,7,9,19-38,40-41,45H2,1-5H3,(H,75,91)(H,76,92)(H,78,95)(H3,73,74,94)/t49-,50-,64+/m1/s1. The number of aryl methyl sites for hydroxylation is 1. The van der Waals surface area contributed by atoms with E-state index in [0.29, 0.717) is 86.5 Å². The summed E-state index contributed by atoms with van der Waals surface area (Å²) in [4.78, 5) is 141. The first-order chi connectivity index (χ1) is 51.2. The number of imide groups is 1. The third-order valence-electron chi connectivity index (χ3n) is 17.0. The highest BCUT2D eigenvalue weighted by atomic mass is 35.5. The van der Waals surface area contributed by atoms with Crippen LogP contribution in [0.5, 0.6) is 5.75 Å². The Labute approximate surface area is 616 Å². The molecule has 10 amide bonds. The van der Waals surface area contributed by atoms with Crippen molar-refractivity contribution in [3.05, 3.63) is 119 Å². The summed E-state index contributed by atoms with van der Waals surface area (Å²) in [7, 11) is 3.10. The zero-order chi connectivity index (χ0) is 76.1. The van der Waals surface area contributed by atoms with Crippen molar-refractivity contribution >= 4 is 105 Å². The highest BCUT2D eigenvalue weighted by Crippen LogP contribution is 2.47. The maximum atomic E-state index is 14.8. The molecule has 0 fully saturated rings. The summed E-state index contributed by atoms with van der Waals surface area (Å²) in [5.41, 5.74) is 9.18. The van der Waals surface area contributed by atoms with Gasteiger partial charge in [-0.25, -0.2) is 28.8 Å². The van der Waals surface area contributed by atoms with Crippen LogP contribution in [-0.4, -0.2) is 255 Å². The minimum atomic E-state index is -1.04. The number of alkyl halides is 1. The van der Waals surface area contributed by atoms with E-state index in [2.05, 4.69) is 36.6 Å². The number of pyridine rings is 1. The van der Waals surface area contributed by atoms with Gasteiger partial charge in [0, 0.05) is 113 Å². The maximum Gasteiger partial charge on any atom is 0.415 e. The van der Waals surface area contributed by atoms with Crippen LogP contribution in [0.2, 0.25) is 0 Å². The van der Waals surface area contributed by atoms with E-state index in [1.54, 1.807) is 85.1 Å². The summed E-state index contributed by atoms with van der Waals surface area (Å²) in [6.45, 7) is 8.17. The van der Waals surface area contributed by atoms with Gasteiger partial charge in [-0.15, -0.1) is 16.7 Å². The van der Waals surface area contributed by atoms with Crippen molar-refractivity contribution in [2.24, 2.45) is 17.6 Å². The number of halogens is 1. The van der Waals surface area contributed by atoms with E-state index in [0.717, 1.165) is 33.6 Å². The Hall–Kier alpha value is -10.2. The summed E-state index contributed by atoms with van der Waals surface area (Å²) < 4.78 is 52.6. The molecule has 3 aromatic carbocycles. The first-order valence-electron chi connectivity index (χ1n) is 34.6. The van der Waals surface area contributed by atoms with Crippen LogP contribution < -0.4 is 36.6 Å². The van der Waals surface area contributed by atoms with Gasteiger partial charge >= 0.3 is 24.3 Å². The summed E-state index contributed by atoms with van der Waals surface area (Å²) in [6.07, 6.45) is 4.68. The van der Waals surface area contributed by atoms with Crippen LogP contribution in [0.25, 0.3) is 16.4 Å². The Morgan fingerprint density at radius 2 is 1.44 bits per heavy atom. The fraction of sp³-hybridized carbons (Fsp3) is 0.479. The molecular formula is C71H91ClN14O20. The number of aliphatic hydroxyl groups is 1. The van der Waals surface area contributed by atoms with Crippen molar-refractivity contribution < 1.29 is 95.7 Å². The molecule has 34 nitrogen and oxygen atoms in total. The first-order valence-corrected chi connectivity index (χ1v) is 35.1. The van der Waals surface area contributed by atoms with Crippen LogP contribution in [0.15, 0.2) is 91.4 Å². The van der Waals surface area contributed by atoms with Gasteiger partial charge in [0.05, 0.1) is 116 Å². The number of benzene rings is 3. The molecule has 0 bridgehead atoms. The zero-order valence-corrected chi connectivity index (χ0v) is 60.6. The second-order valence-electron chi connectivity index (χ2n) is 25.0. The molecule has 6 aromatic rings. The summed E-state index contributed by atoms with van der Waals surface area (Å²) in [6, 6.07) is 15.1. The number of hydrogen-bond donors (Lipinski definition) is 6. The van der Waals surface area contributed by atoms with E-state index in [4.69, 9.17) is 60.0 Å². The van der Waals surface area contributed by atoms with Gasteiger partial charge in [-0.1, -0.05) is 49.4 Å². The number of ketones is 1. The van der Waals surface area contributed by atoms with Crippen molar-refractivity contribution in [2.45, 2.75) is 65.1 Å². The second-order valence-corrected chi connectivity index (χ2v) is 25.3. The summed E-state index contributed by atoms with van der Waals surface area (Å²) >= 11 is 6.69. The average Bonchev–Trinajstić information content (AvgIpc) is 1.55. The molecule has 572 valence electrons. The highest BCUT2D eigenvalue weighted by molar-refractivity contribution is 6.19. The second kappa shape index (κ2) is 41.5. The number of nitrogens with zero attached hydrogens (tertiary/aromatic N) is 9. The van der Waals surface area contributed by atoms with E-state index in [1.807, 2.05) is 25.1 Å². The first kappa shape index (κ1) is 81.5. The number of anilines is 3. The molecule has 2 aliphatic rings. The number of nitrogens with one attached hydrogen (secondary N) is 4. The van der Waals surface area contributed by atoms with Gasteiger partial charge < -0.3 is 93.8 Å². The summed E-state index contributed by atoms with van der Waals surface area (Å²) in [5.74, 6) is -4.23. The molecule has 3 aromatic heterocycles. The van der Waals surface area contributed by atoms with Gasteiger partial charge in [0.25, 0.3) is 23.6 Å². The summed E-state index contributed by atoms with van der Waals surface area (Å²) in [5, 5.41) is 29.5. The van der Waals surface area contributed by atoms with E-state index < -0.39 is 77.5 Å². The lowest BCUT2D eigenvalue weighted by molar-refractivity contribution is -0.137. The van der Waals surface area contributed by atoms with Crippen LogP contribution in [0.3, 0.4) is 0 Å². The van der Waals surface area contributed by atoms with Gasteiger partial charge in [-0.2, -0.15) is 0 Å². The van der Waals surface area contributed by atoms with Crippen LogP contribution >= 0.6 is 11.6 Å². The van der Waals surface area contributed by atoms with Crippen LogP contribution in [0.4, 0.5) is 36.2 Å².